The van der Waals surface area contributed by atoms with Crippen molar-refractivity contribution >= 4 is 23.4 Å². The van der Waals surface area contributed by atoms with Crippen LogP contribution in [0.5, 0.6) is 0 Å². The molecule has 0 bridgehead atoms. The third-order valence-electron chi connectivity index (χ3n) is 6.02. The maximum atomic E-state index is 12.5. The summed E-state index contributed by atoms with van der Waals surface area (Å²) in [4.78, 5) is 26.0. The molecular formula is C23H27N3O3. The van der Waals surface area contributed by atoms with E-state index in [9.17, 15) is 9.59 Å². The van der Waals surface area contributed by atoms with Crippen LogP contribution in [-0.2, 0) is 17.8 Å². The van der Waals surface area contributed by atoms with Crippen molar-refractivity contribution in [2.24, 2.45) is 5.92 Å². The van der Waals surface area contributed by atoms with E-state index in [0.29, 0.717) is 25.7 Å². The highest BCUT2D eigenvalue weighted by Crippen LogP contribution is 2.30. The minimum Gasteiger partial charge on any atom is -0.481 e. The SMILES string of the molecule is O=C(Nc1ccccc1CN1CCc2ccccc21)NC1CCC(C(=O)O)CC1. The third kappa shape index (κ3) is 4.53. The van der Waals surface area contributed by atoms with E-state index in [1.807, 2.05) is 18.2 Å². The van der Waals surface area contributed by atoms with Crippen molar-refractivity contribution in [1.82, 2.24) is 5.32 Å². The van der Waals surface area contributed by atoms with Gasteiger partial charge in [-0.15, -0.1) is 0 Å². The van der Waals surface area contributed by atoms with Crippen molar-refractivity contribution in [1.29, 1.82) is 0 Å². The zero-order valence-corrected chi connectivity index (χ0v) is 16.4. The van der Waals surface area contributed by atoms with Crippen LogP contribution in [0.2, 0.25) is 0 Å². The molecule has 29 heavy (non-hydrogen) atoms. The van der Waals surface area contributed by atoms with Crippen LogP contribution in [0.15, 0.2) is 48.5 Å². The molecule has 1 saturated carbocycles. The first-order valence-corrected chi connectivity index (χ1v) is 10.3. The third-order valence-corrected chi connectivity index (χ3v) is 6.02. The number of benzene rings is 2. The molecule has 6 nitrogen and oxygen atoms in total. The van der Waals surface area contributed by atoms with Gasteiger partial charge < -0.3 is 20.6 Å². The van der Waals surface area contributed by atoms with Gasteiger partial charge in [-0.1, -0.05) is 36.4 Å². The number of anilines is 2. The molecular weight excluding hydrogens is 366 g/mol. The van der Waals surface area contributed by atoms with Crippen molar-refractivity contribution in [2.75, 3.05) is 16.8 Å². The Morgan fingerprint density at radius 2 is 1.72 bits per heavy atom. The van der Waals surface area contributed by atoms with Gasteiger partial charge in [0, 0.05) is 30.5 Å². The van der Waals surface area contributed by atoms with Crippen LogP contribution in [0.3, 0.4) is 0 Å². The lowest BCUT2D eigenvalue weighted by Gasteiger charge is -2.27. The molecule has 2 aromatic carbocycles. The van der Waals surface area contributed by atoms with Gasteiger partial charge in [0.2, 0.25) is 0 Å². The predicted molar refractivity (Wildman–Crippen MR) is 113 cm³/mol. The van der Waals surface area contributed by atoms with Gasteiger partial charge in [-0.05, 0) is 55.4 Å². The van der Waals surface area contributed by atoms with Crippen LogP contribution in [0.4, 0.5) is 16.2 Å². The molecule has 0 spiro atoms. The van der Waals surface area contributed by atoms with Crippen molar-refractivity contribution in [3.63, 3.8) is 0 Å². The smallest absolute Gasteiger partial charge is 0.319 e. The molecule has 1 aliphatic carbocycles. The summed E-state index contributed by atoms with van der Waals surface area (Å²) < 4.78 is 0. The fourth-order valence-electron chi connectivity index (χ4n) is 4.39. The maximum Gasteiger partial charge on any atom is 0.319 e. The largest absolute Gasteiger partial charge is 0.481 e. The number of carboxylic acids is 1. The van der Waals surface area contributed by atoms with E-state index in [-0.39, 0.29) is 18.0 Å². The van der Waals surface area contributed by atoms with Gasteiger partial charge in [0.25, 0.3) is 0 Å². The van der Waals surface area contributed by atoms with Gasteiger partial charge in [0.1, 0.15) is 0 Å². The molecule has 2 amide bonds. The van der Waals surface area contributed by atoms with Crippen LogP contribution in [0.25, 0.3) is 0 Å². The summed E-state index contributed by atoms with van der Waals surface area (Å²) in [6, 6.07) is 16.2. The molecule has 0 unspecified atom stereocenters. The van der Waals surface area contributed by atoms with Crippen LogP contribution >= 0.6 is 0 Å². The molecule has 6 heteroatoms. The molecule has 152 valence electrons. The van der Waals surface area contributed by atoms with E-state index < -0.39 is 5.97 Å². The highest BCUT2D eigenvalue weighted by molar-refractivity contribution is 5.90. The monoisotopic (exact) mass is 393 g/mol. The van der Waals surface area contributed by atoms with Crippen LogP contribution in [-0.4, -0.2) is 29.7 Å². The Hall–Kier alpha value is -3.02. The van der Waals surface area contributed by atoms with Gasteiger partial charge in [0.05, 0.1) is 5.92 Å². The first-order valence-electron chi connectivity index (χ1n) is 10.3. The lowest BCUT2D eigenvalue weighted by atomic mass is 9.86. The predicted octanol–water partition coefficient (Wildman–Crippen LogP) is 4.01. The van der Waals surface area contributed by atoms with Gasteiger partial charge in [-0.3, -0.25) is 4.79 Å². The normalized spacial score (nSPS) is 20.8. The maximum absolute atomic E-state index is 12.5. The zero-order valence-electron chi connectivity index (χ0n) is 16.4. The highest BCUT2D eigenvalue weighted by atomic mass is 16.4. The van der Waals surface area contributed by atoms with E-state index in [0.717, 1.165) is 30.8 Å². The van der Waals surface area contributed by atoms with E-state index in [2.05, 4.69) is 45.9 Å². The fourth-order valence-corrected chi connectivity index (χ4v) is 4.39. The molecule has 2 aromatic rings. The Labute approximate surface area is 170 Å². The number of hydrogen-bond donors (Lipinski definition) is 3. The number of carbonyl (C=O) groups excluding carboxylic acids is 1. The Balaban J connectivity index is 1.36. The van der Waals surface area contributed by atoms with Gasteiger partial charge >= 0.3 is 12.0 Å². The number of carbonyl (C=O) groups is 2. The molecule has 0 aromatic heterocycles. The summed E-state index contributed by atoms with van der Waals surface area (Å²) in [6.45, 7) is 1.73. The second-order valence-corrected chi connectivity index (χ2v) is 7.94. The number of nitrogens with zero attached hydrogens (tertiary/aromatic N) is 1. The van der Waals surface area contributed by atoms with Gasteiger partial charge in [0.15, 0.2) is 0 Å². The van der Waals surface area contributed by atoms with E-state index in [1.165, 1.54) is 11.3 Å². The first-order chi connectivity index (χ1) is 14.1. The minimum absolute atomic E-state index is 0.0308. The van der Waals surface area contributed by atoms with Crippen molar-refractivity contribution in [2.45, 2.75) is 44.7 Å². The fraction of sp³-hybridized carbons (Fsp3) is 0.391. The molecule has 0 atom stereocenters. The number of carboxylic acid groups (broad SMARTS) is 1. The zero-order chi connectivity index (χ0) is 20.2. The number of hydrogen-bond acceptors (Lipinski definition) is 3. The molecule has 4 rings (SSSR count). The number of nitrogens with one attached hydrogen (secondary N) is 2. The molecule has 2 aliphatic rings. The van der Waals surface area contributed by atoms with Crippen molar-refractivity contribution in [3.8, 4) is 0 Å². The summed E-state index contributed by atoms with van der Waals surface area (Å²) in [6.07, 6.45) is 3.69. The van der Waals surface area contributed by atoms with Gasteiger partial charge in [-0.2, -0.15) is 0 Å². The Bertz CT molecular complexity index is 890. The average molecular weight is 393 g/mol. The molecule has 1 heterocycles. The summed E-state index contributed by atoms with van der Waals surface area (Å²) in [5.41, 5.74) is 4.53. The topological polar surface area (TPSA) is 81.7 Å². The second-order valence-electron chi connectivity index (χ2n) is 7.94. The lowest BCUT2D eigenvalue weighted by molar-refractivity contribution is -0.142. The first kappa shape index (κ1) is 19.3. The number of urea groups is 1. The molecule has 0 radical (unpaired) electrons. The van der Waals surface area contributed by atoms with E-state index in [4.69, 9.17) is 5.11 Å². The quantitative estimate of drug-likeness (QED) is 0.717. The molecule has 0 saturated heterocycles. The number of para-hydroxylation sites is 2. The number of amides is 2. The second kappa shape index (κ2) is 8.55. The Morgan fingerprint density at radius 1 is 1.00 bits per heavy atom. The lowest BCUT2D eigenvalue weighted by Crippen LogP contribution is -2.41. The Kier molecular flexibility index (Phi) is 5.69. The Morgan fingerprint density at radius 3 is 2.52 bits per heavy atom. The van der Waals surface area contributed by atoms with Crippen molar-refractivity contribution in [3.05, 3.63) is 59.7 Å². The van der Waals surface area contributed by atoms with Crippen LogP contribution < -0.4 is 15.5 Å². The van der Waals surface area contributed by atoms with Crippen LogP contribution in [0, 0.1) is 5.92 Å². The summed E-state index contributed by atoms with van der Waals surface area (Å²) >= 11 is 0. The van der Waals surface area contributed by atoms with Crippen molar-refractivity contribution < 1.29 is 14.7 Å². The molecule has 3 N–H and O–H groups in total. The summed E-state index contributed by atoms with van der Waals surface area (Å²) in [5.74, 6) is -1.01. The standard InChI is InChI=1S/C23H27N3O3/c27-22(28)17-9-11-19(12-10-17)24-23(29)25-20-7-3-1-6-18(20)15-26-14-13-16-5-2-4-8-21(16)26/h1-8,17,19H,9-15H2,(H,27,28)(H2,24,25,29). The summed E-state index contributed by atoms with van der Waals surface area (Å²) in [5, 5.41) is 15.1. The van der Waals surface area contributed by atoms with E-state index in [1.54, 1.807) is 0 Å². The van der Waals surface area contributed by atoms with E-state index >= 15 is 0 Å². The highest BCUT2D eigenvalue weighted by Gasteiger charge is 2.27. The van der Waals surface area contributed by atoms with Gasteiger partial charge in [-0.25, -0.2) is 4.79 Å². The number of aliphatic carboxylic acids is 1. The molecule has 1 fully saturated rings. The number of rotatable bonds is 5. The number of fused-ring (bicyclic) bond motifs is 1. The van der Waals surface area contributed by atoms with Crippen LogP contribution in [0.1, 0.15) is 36.8 Å². The molecule has 1 aliphatic heterocycles. The summed E-state index contributed by atoms with van der Waals surface area (Å²) in [7, 11) is 0. The average Bonchev–Trinajstić information content (AvgIpc) is 3.13. The minimum atomic E-state index is -0.731.